The fourth-order valence-electron chi connectivity index (χ4n) is 7.56. The Balaban J connectivity index is 1.24. The SMILES string of the molecule is C1=C2C(=C(c3nc(-c4ccccc4)nc(-c4ccc(-c5ccccc5)cc4)n3)C3c4ccccc4OC13)c1cccc3cccc2c13. The minimum absolute atomic E-state index is 0.0613. The van der Waals surface area contributed by atoms with E-state index in [-0.39, 0.29) is 12.0 Å². The fourth-order valence-corrected chi connectivity index (χ4v) is 7.56. The second-order valence-corrected chi connectivity index (χ2v) is 12.3. The lowest BCUT2D eigenvalue weighted by molar-refractivity contribution is 0.272. The minimum atomic E-state index is -0.170. The molecular formula is C43H27N3O. The molecule has 1 aromatic heterocycles. The molecule has 0 radical (unpaired) electrons. The smallest absolute Gasteiger partial charge is 0.164 e. The Labute approximate surface area is 272 Å². The standard InChI is InChI=1S/C43H27N3O/c1-3-11-26(12-4-1)27-21-23-30(24-22-27)42-44-41(29-13-5-2-6-14-29)45-43(46-42)40-38-33-19-10-16-28-15-9-18-31(37(28)33)34(38)25-36-39(40)32-17-7-8-20-35(32)47-36/h1-25,36,39H. The summed E-state index contributed by atoms with van der Waals surface area (Å²) in [6.07, 6.45) is 2.15. The molecular weight excluding hydrogens is 574 g/mol. The number of allylic oxidation sites excluding steroid dienone is 2. The molecule has 2 heterocycles. The molecule has 4 heteroatoms. The van der Waals surface area contributed by atoms with Crippen molar-refractivity contribution in [2.75, 3.05) is 0 Å². The second kappa shape index (κ2) is 10.2. The molecule has 2 unspecified atom stereocenters. The van der Waals surface area contributed by atoms with Gasteiger partial charge in [-0.3, -0.25) is 0 Å². The lowest BCUT2D eigenvalue weighted by Gasteiger charge is -2.27. The van der Waals surface area contributed by atoms with Crippen LogP contribution in [0.15, 0.2) is 152 Å². The molecule has 2 aliphatic carbocycles. The largest absolute Gasteiger partial charge is 0.485 e. The van der Waals surface area contributed by atoms with Crippen LogP contribution in [0.3, 0.4) is 0 Å². The van der Waals surface area contributed by atoms with Crippen molar-refractivity contribution in [2.45, 2.75) is 12.0 Å². The van der Waals surface area contributed by atoms with Gasteiger partial charge >= 0.3 is 0 Å². The van der Waals surface area contributed by atoms with Crippen LogP contribution in [0.5, 0.6) is 5.75 Å². The second-order valence-electron chi connectivity index (χ2n) is 12.3. The van der Waals surface area contributed by atoms with Crippen LogP contribution in [0.25, 0.3) is 61.4 Å². The monoisotopic (exact) mass is 601 g/mol. The third-order valence-electron chi connectivity index (χ3n) is 9.65. The van der Waals surface area contributed by atoms with E-state index in [0.717, 1.165) is 33.6 Å². The minimum Gasteiger partial charge on any atom is -0.485 e. The van der Waals surface area contributed by atoms with Crippen molar-refractivity contribution in [1.82, 2.24) is 15.0 Å². The number of fused-ring (bicyclic) bond motifs is 6. The van der Waals surface area contributed by atoms with Gasteiger partial charge in [-0.1, -0.05) is 140 Å². The van der Waals surface area contributed by atoms with Crippen molar-refractivity contribution >= 4 is 27.5 Å². The molecule has 7 aromatic rings. The molecule has 3 aliphatic rings. The lowest BCUT2D eigenvalue weighted by atomic mass is 9.77. The van der Waals surface area contributed by atoms with Crippen LogP contribution >= 0.6 is 0 Å². The molecule has 220 valence electrons. The highest BCUT2D eigenvalue weighted by Gasteiger charge is 2.45. The summed E-state index contributed by atoms with van der Waals surface area (Å²) in [5.74, 6) is 2.84. The van der Waals surface area contributed by atoms with Gasteiger partial charge in [0, 0.05) is 22.3 Å². The molecule has 10 rings (SSSR count). The Bertz CT molecular complexity index is 2420. The molecule has 6 aromatic carbocycles. The highest BCUT2D eigenvalue weighted by atomic mass is 16.5. The van der Waals surface area contributed by atoms with Crippen LogP contribution < -0.4 is 4.74 Å². The lowest BCUT2D eigenvalue weighted by Crippen LogP contribution is -2.23. The van der Waals surface area contributed by atoms with E-state index < -0.39 is 0 Å². The van der Waals surface area contributed by atoms with Crippen molar-refractivity contribution < 1.29 is 4.74 Å². The number of nitrogens with zero attached hydrogens (tertiary/aromatic N) is 3. The average molecular weight is 602 g/mol. The quantitative estimate of drug-likeness (QED) is 0.201. The summed E-state index contributed by atoms with van der Waals surface area (Å²) in [7, 11) is 0. The van der Waals surface area contributed by atoms with Gasteiger partial charge < -0.3 is 4.74 Å². The van der Waals surface area contributed by atoms with Crippen molar-refractivity contribution in [2.24, 2.45) is 0 Å². The summed E-state index contributed by atoms with van der Waals surface area (Å²) in [6, 6.07) is 50.7. The molecule has 0 fully saturated rings. The molecule has 4 nitrogen and oxygen atoms in total. The number of aromatic nitrogens is 3. The molecule has 0 amide bonds. The van der Waals surface area contributed by atoms with Crippen molar-refractivity contribution in [3.63, 3.8) is 0 Å². The van der Waals surface area contributed by atoms with E-state index in [0.29, 0.717) is 17.5 Å². The Kier molecular flexibility index (Phi) is 5.67. The van der Waals surface area contributed by atoms with Gasteiger partial charge in [-0.05, 0) is 56.3 Å². The van der Waals surface area contributed by atoms with E-state index in [1.54, 1.807) is 0 Å². The molecule has 47 heavy (non-hydrogen) atoms. The first-order valence-electron chi connectivity index (χ1n) is 16.0. The van der Waals surface area contributed by atoms with E-state index in [2.05, 4.69) is 121 Å². The highest BCUT2D eigenvalue weighted by molar-refractivity contribution is 6.28. The maximum absolute atomic E-state index is 6.67. The van der Waals surface area contributed by atoms with Crippen molar-refractivity contribution in [3.8, 4) is 39.7 Å². The zero-order chi connectivity index (χ0) is 30.9. The summed E-state index contributed by atoms with van der Waals surface area (Å²) >= 11 is 0. The average Bonchev–Trinajstić information content (AvgIpc) is 3.68. The van der Waals surface area contributed by atoms with E-state index in [1.165, 1.54) is 38.6 Å². The normalized spacial score (nSPS) is 17.1. The summed E-state index contributed by atoms with van der Waals surface area (Å²) in [5, 5.41) is 2.50. The van der Waals surface area contributed by atoms with E-state index in [1.807, 2.05) is 30.3 Å². The first-order valence-corrected chi connectivity index (χ1v) is 16.0. The number of hydrogen-bond donors (Lipinski definition) is 0. The first-order chi connectivity index (χ1) is 23.3. The molecule has 0 N–H and O–H groups in total. The van der Waals surface area contributed by atoms with Gasteiger partial charge in [-0.25, -0.2) is 15.0 Å². The molecule has 0 spiro atoms. The maximum Gasteiger partial charge on any atom is 0.164 e. The van der Waals surface area contributed by atoms with Crippen molar-refractivity contribution in [3.05, 3.63) is 174 Å². The topological polar surface area (TPSA) is 47.9 Å². The number of ether oxygens (including phenoxy) is 1. The molecule has 1 aliphatic heterocycles. The van der Waals surface area contributed by atoms with Gasteiger partial charge in [-0.15, -0.1) is 0 Å². The van der Waals surface area contributed by atoms with Crippen LogP contribution in [0.4, 0.5) is 0 Å². The Hall–Kier alpha value is -6.13. The third-order valence-corrected chi connectivity index (χ3v) is 9.65. The van der Waals surface area contributed by atoms with E-state index >= 15 is 0 Å². The summed E-state index contributed by atoms with van der Waals surface area (Å²) < 4.78 is 6.67. The van der Waals surface area contributed by atoms with Crippen LogP contribution in [-0.2, 0) is 0 Å². The molecule has 0 saturated heterocycles. The number of benzene rings is 6. The van der Waals surface area contributed by atoms with Crippen LogP contribution in [0.1, 0.15) is 28.4 Å². The van der Waals surface area contributed by atoms with Gasteiger partial charge in [0.15, 0.2) is 17.5 Å². The summed E-state index contributed by atoms with van der Waals surface area (Å²) in [4.78, 5) is 15.7. The third kappa shape index (κ3) is 4.05. The number of para-hydroxylation sites is 1. The summed E-state index contributed by atoms with van der Waals surface area (Å²) in [6.45, 7) is 0. The van der Waals surface area contributed by atoms with Crippen LogP contribution in [0.2, 0.25) is 0 Å². The van der Waals surface area contributed by atoms with Gasteiger partial charge in [0.1, 0.15) is 11.9 Å². The van der Waals surface area contributed by atoms with Gasteiger partial charge in [0.05, 0.1) is 5.92 Å². The molecule has 0 bridgehead atoms. The predicted molar refractivity (Wildman–Crippen MR) is 188 cm³/mol. The zero-order valence-corrected chi connectivity index (χ0v) is 25.3. The highest BCUT2D eigenvalue weighted by Crippen LogP contribution is 2.58. The molecule has 0 saturated carbocycles. The van der Waals surface area contributed by atoms with Gasteiger partial charge in [0.25, 0.3) is 0 Å². The van der Waals surface area contributed by atoms with E-state index in [4.69, 9.17) is 19.7 Å². The van der Waals surface area contributed by atoms with Gasteiger partial charge in [0.2, 0.25) is 0 Å². The van der Waals surface area contributed by atoms with Crippen LogP contribution in [0, 0.1) is 0 Å². The van der Waals surface area contributed by atoms with Crippen molar-refractivity contribution in [1.29, 1.82) is 0 Å². The fraction of sp³-hybridized carbons (Fsp3) is 0.0465. The molecule has 2 atom stereocenters. The van der Waals surface area contributed by atoms with Crippen LogP contribution in [-0.4, -0.2) is 21.1 Å². The van der Waals surface area contributed by atoms with E-state index in [9.17, 15) is 0 Å². The Morgan fingerprint density at radius 2 is 1.04 bits per heavy atom. The predicted octanol–water partition coefficient (Wildman–Crippen LogP) is 9.89. The zero-order valence-electron chi connectivity index (χ0n) is 25.3. The van der Waals surface area contributed by atoms with Gasteiger partial charge in [-0.2, -0.15) is 0 Å². The first kappa shape index (κ1) is 26.1. The Morgan fingerprint density at radius 1 is 0.468 bits per heavy atom. The maximum atomic E-state index is 6.67. The Morgan fingerprint density at radius 3 is 1.79 bits per heavy atom. The summed E-state index contributed by atoms with van der Waals surface area (Å²) in [5.41, 5.74) is 11.3. The number of rotatable bonds is 4. The number of hydrogen-bond acceptors (Lipinski definition) is 4.